The topological polar surface area (TPSA) is 136 Å². The minimum Gasteiger partial charge on any atom is -0.479 e. The Hall–Kier alpha value is -3.58. The second-order valence-corrected chi connectivity index (χ2v) is 7.90. The number of halogens is 3. The van der Waals surface area contributed by atoms with Gasteiger partial charge in [0.2, 0.25) is 11.2 Å². The lowest BCUT2D eigenvalue weighted by molar-refractivity contribution is -0.386. The van der Waals surface area contributed by atoms with Crippen LogP contribution in [-0.4, -0.2) is 59.3 Å². The van der Waals surface area contributed by atoms with E-state index in [0.29, 0.717) is 11.1 Å². The molecule has 0 amide bonds. The minimum absolute atomic E-state index is 0.0466. The molecule has 0 fully saturated rings. The van der Waals surface area contributed by atoms with E-state index < -0.39 is 23.4 Å². The van der Waals surface area contributed by atoms with Crippen molar-refractivity contribution >= 4 is 39.9 Å². The Morgan fingerprint density at radius 3 is 2.68 bits per heavy atom. The SMILES string of the molecule is COc1ncc(C)cc1-n1nc(OCC(F)Cn2nc(Cl)c3cnc(Cl)nc32)c([N+](=O)[O-])c1C. The molecule has 0 saturated heterocycles. The summed E-state index contributed by atoms with van der Waals surface area (Å²) in [6.07, 6.45) is 1.34. The Labute approximate surface area is 201 Å². The van der Waals surface area contributed by atoms with E-state index >= 15 is 0 Å². The van der Waals surface area contributed by atoms with Gasteiger partial charge in [-0.3, -0.25) is 10.1 Å². The molecule has 12 nitrogen and oxygen atoms in total. The third-order valence-corrected chi connectivity index (χ3v) is 5.27. The zero-order valence-electron chi connectivity index (χ0n) is 18.1. The standard InChI is InChI=1S/C19H17Cl2FN8O4/c1-9-4-13(17(33-3)23-5-9)29-10(2)14(30(31)32)18(27-29)34-8-11(22)7-28-16-12(15(20)26-28)6-24-19(21)25-16/h4-6,11H,7-8H2,1-3H3. The molecule has 0 aliphatic rings. The van der Waals surface area contributed by atoms with Gasteiger partial charge in [0.05, 0.1) is 24.0 Å². The number of hydrogen-bond acceptors (Lipinski definition) is 9. The smallest absolute Gasteiger partial charge is 0.353 e. The molecule has 1 unspecified atom stereocenters. The highest BCUT2D eigenvalue weighted by atomic mass is 35.5. The summed E-state index contributed by atoms with van der Waals surface area (Å²) in [5.41, 5.74) is 1.18. The van der Waals surface area contributed by atoms with E-state index in [9.17, 15) is 14.5 Å². The zero-order valence-corrected chi connectivity index (χ0v) is 19.6. The van der Waals surface area contributed by atoms with Crippen molar-refractivity contribution in [3.8, 4) is 17.4 Å². The molecule has 0 spiro atoms. The van der Waals surface area contributed by atoms with Crippen LogP contribution in [0.3, 0.4) is 0 Å². The second kappa shape index (κ2) is 9.35. The molecule has 0 aromatic carbocycles. The maximum absolute atomic E-state index is 14.8. The first-order chi connectivity index (χ1) is 16.2. The van der Waals surface area contributed by atoms with E-state index in [-0.39, 0.29) is 40.1 Å². The Morgan fingerprint density at radius 1 is 1.21 bits per heavy atom. The van der Waals surface area contributed by atoms with Crippen LogP contribution < -0.4 is 9.47 Å². The van der Waals surface area contributed by atoms with Crippen molar-refractivity contribution in [3.63, 3.8) is 0 Å². The molecule has 34 heavy (non-hydrogen) atoms. The van der Waals surface area contributed by atoms with Crippen LogP contribution in [0, 0.1) is 24.0 Å². The maximum Gasteiger partial charge on any atom is 0.353 e. The first-order valence-corrected chi connectivity index (χ1v) is 10.5. The molecule has 1 atom stereocenters. The fourth-order valence-electron chi connectivity index (χ4n) is 3.30. The summed E-state index contributed by atoms with van der Waals surface area (Å²) in [6.45, 7) is 2.46. The highest BCUT2D eigenvalue weighted by molar-refractivity contribution is 6.34. The quantitative estimate of drug-likeness (QED) is 0.197. The van der Waals surface area contributed by atoms with Crippen LogP contribution in [0.25, 0.3) is 16.7 Å². The van der Waals surface area contributed by atoms with Gasteiger partial charge in [-0.25, -0.2) is 23.7 Å². The molecule has 0 bridgehead atoms. The molecule has 4 heterocycles. The molecule has 0 aliphatic heterocycles. The van der Waals surface area contributed by atoms with Gasteiger partial charge in [0.1, 0.15) is 18.0 Å². The summed E-state index contributed by atoms with van der Waals surface area (Å²) < 4.78 is 28.0. The molecule has 0 aliphatic carbocycles. The van der Waals surface area contributed by atoms with E-state index in [0.717, 1.165) is 5.56 Å². The highest BCUT2D eigenvalue weighted by Crippen LogP contribution is 2.34. The predicted octanol–water partition coefficient (Wildman–Crippen LogP) is 3.66. The predicted molar refractivity (Wildman–Crippen MR) is 120 cm³/mol. The molecule has 4 aromatic heterocycles. The molecular weight excluding hydrogens is 494 g/mol. The van der Waals surface area contributed by atoms with E-state index in [1.54, 1.807) is 19.2 Å². The number of nitro groups is 1. The van der Waals surface area contributed by atoms with E-state index in [4.69, 9.17) is 32.7 Å². The van der Waals surface area contributed by atoms with E-state index in [2.05, 4.69) is 25.1 Å². The second-order valence-electron chi connectivity index (χ2n) is 7.21. The number of rotatable bonds is 8. The minimum atomic E-state index is -1.63. The molecule has 0 radical (unpaired) electrons. The van der Waals surface area contributed by atoms with Crippen LogP contribution in [0.4, 0.5) is 10.1 Å². The summed E-state index contributed by atoms with van der Waals surface area (Å²) in [4.78, 5) is 23.1. The van der Waals surface area contributed by atoms with Gasteiger partial charge in [0.15, 0.2) is 17.0 Å². The maximum atomic E-state index is 14.8. The first-order valence-electron chi connectivity index (χ1n) is 9.76. The third kappa shape index (κ3) is 4.43. The molecule has 178 valence electrons. The number of aryl methyl sites for hydroxylation is 1. The third-order valence-electron chi connectivity index (χ3n) is 4.81. The van der Waals surface area contributed by atoms with Crippen LogP contribution in [-0.2, 0) is 6.54 Å². The van der Waals surface area contributed by atoms with Gasteiger partial charge in [0.25, 0.3) is 0 Å². The average molecular weight is 511 g/mol. The number of ether oxygens (including phenoxy) is 2. The summed E-state index contributed by atoms with van der Waals surface area (Å²) in [7, 11) is 1.42. The Kier molecular flexibility index (Phi) is 6.48. The highest BCUT2D eigenvalue weighted by Gasteiger charge is 2.29. The average Bonchev–Trinajstić information content (AvgIpc) is 3.28. The van der Waals surface area contributed by atoms with Crippen LogP contribution in [0.2, 0.25) is 10.4 Å². The van der Waals surface area contributed by atoms with Gasteiger partial charge in [-0.15, -0.1) is 5.10 Å². The first kappa shape index (κ1) is 23.6. The fourth-order valence-corrected chi connectivity index (χ4v) is 3.65. The van der Waals surface area contributed by atoms with Crippen molar-refractivity contribution in [3.05, 3.63) is 50.3 Å². The fraction of sp³-hybridized carbons (Fsp3) is 0.316. The molecule has 4 aromatic rings. The van der Waals surface area contributed by atoms with Crippen molar-refractivity contribution in [2.45, 2.75) is 26.6 Å². The Bertz CT molecular complexity index is 1390. The van der Waals surface area contributed by atoms with Crippen LogP contribution in [0.5, 0.6) is 11.8 Å². The van der Waals surface area contributed by atoms with Crippen LogP contribution >= 0.6 is 23.2 Å². The number of alkyl halides is 1. The Balaban J connectivity index is 1.59. The lowest BCUT2D eigenvalue weighted by Crippen LogP contribution is -2.21. The number of methoxy groups -OCH3 is 1. The van der Waals surface area contributed by atoms with Crippen LogP contribution in [0.15, 0.2) is 18.5 Å². The van der Waals surface area contributed by atoms with Crippen molar-refractivity contribution in [1.29, 1.82) is 0 Å². The largest absolute Gasteiger partial charge is 0.479 e. The molecular formula is C19H17Cl2FN8O4. The molecule has 4 rings (SSSR count). The lowest BCUT2D eigenvalue weighted by Gasteiger charge is -2.10. The normalized spacial score (nSPS) is 12.2. The molecule has 0 N–H and O–H groups in total. The summed E-state index contributed by atoms with van der Waals surface area (Å²) in [5.74, 6) is -0.133. The van der Waals surface area contributed by atoms with Crippen molar-refractivity contribution in [2.75, 3.05) is 13.7 Å². The van der Waals surface area contributed by atoms with Gasteiger partial charge in [-0.05, 0) is 37.1 Å². The van der Waals surface area contributed by atoms with Gasteiger partial charge in [-0.2, -0.15) is 10.1 Å². The van der Waals surface area contributed by atoms with Gasteiger partial charge < -0.3 is 9.47 Å². The molecule has 15 heteroatoms. The lowest BCUT2D eigenvalue weighted by atomic mass is 10.3. The Morgan fingerprint density at radius 2 is 1.97 bits per heavy atom. The summed E-state index contributed by atoms with van der Waals surface area (Å²) >= 11 is 11.9. The van der Waals surface area contributed by atoms with Gasteiger partial charge in [0, 0.05) is 12.4 Å². The van der Waals surface area contributed by atoms with E-state index in [1.165, 1.54) is 29.6 Å². The monoisotopic (exact) mass is 510 g/mol. The van der Waals surface area contributed by atoms with Crippen LogP contribution in [0.1, 0.15) is 11.3 Å². The number of hydrogen-bond donors (Lipinski definition) is 0. The summed E-state index contributed by atoms with van der Waals surface area (Å²) in [6, 6.07) is 1.71. The van der Waals surface area contributed by atoms with Gasteiger partial charge >= 0.3 is 11.6 Å². The van der Waals surface area contributed by atoms with Crippen molar-refractivity contribution < 1.29 is 18.8 Å². The van der Waals surface area contributed by atoms with Crippen molar-refractivity contribution in [1.82, 2.24) is 34.5 Å². The number of fused-ring (bicyclic) bond motifs is 1. The van der Waals surface area contributed by atoms with E-state index in [1.807, 2.05) is 0 Å². The molecule has 0 saturated carbocycles. The number of aromatic nitrogens is 7. The van der Waals surface area contributed by atoms with Crippen molar-refractivity contribution in [2.24, 2.45) is 0 Å². The summed E-state index contributed by atoms with van der Waals surface area (Å²) in [5, 5.41) is 20.4. The number of pyridine rings is 1. The van der Waals surface area contributed by atoms with Gasteiger partial charge in [-0.1, -0.05) is 11.6 Å². The number of nitrogens with zero attached hydrogens (tertiary/aromatic N) is 8. The zero-order chi connectivity index (χ0) is 24.6.